The van der Waals surface area contributed by atoms with Crippen molar-refractivity contribution in [2.75, 3.05) is 42.3 Å². The van der Waals surface area contributed by atoms with E-state index in [0.717, 1.165) is 52.2 Å². The zero-order valence-electron chi connectivity index (χ0n) is 19.8. The van der Waals surface area contributed by atoms with Crippen molar-refractivity contribution in [1.29, 1.82) is 0 Å². The number of aromatic nitrogens is 3. The third kappa shape index (κ3) is 4.28. The number of fused-ring (bicyclic) bond motifs is 3. The number of aliphatic imine (C=N–C) groups is 1. The first-order chi connectivity index (χ1) is 17.1. The summed E-state index contributed by atoms with van der Waals surface area (Å²) in [5.74, 6) is 1.42. The number of amidine groups is 1. The minimum atomic E-state index is -4.57. The summed E-state index contributed by atoms with van der Waals surface area (Å²) in [5.41, 5.74) is 2.65. The van der Waals surface area contributed by atoms with E-state index in [9.17, 15) is 18.0 Å². The van der Waals surface area contributed by atoms with E-state index < -0.39 is 17.6 Å². The smallest absolute Gasteiger partial charge is 0.347 e. The second-order valence-electron chi connectivity index (χ2n) is 8.67. The van der Waals surface area contributed by atoms with Gasteiger partial charge in [-0.15, -0.1) is 0 Å². The van der Waals surface area contributed by atoms with Gasteiger partial charge in [-0.2, -0.15) is 18.2 Å². The lowest BCUT2D eigenvalue weighted by Crippen LogP contribution is -2.33. The standard InChI is InChI=1S/C25H22F3N7O/c1-14-4-5-17(32-23(36)20-11-16(6-7-29-20)25(26,27)28)12-18(14)19-10-15-13-31-24(34(2)3)33-21(15)35-9-8-30-22(19)35/h4-7,10-13H,8-9H2,1-3H3,(H,32,36). The Morgan fingerprint density at radius 3 is 2.69 bits per heavy atom. The third-order valence-electron chi connectivity index (χ3n) is 5.93. The maximum Gasteiger partial charge on any atom is 0.416 e. The Kier molecular flexibility index (Phi) is 5.70. The minimum absolute atomic E-state index is 0.321. The second-order valence-corrected chi connectivity index (χ2v) is 8.67. The van der Waals surface area contributed by atoms with Crippen LogP contribution in [0.15, 0.2) is 47.7 Å². The fraction of sp³-hybridized carbons (Fsp3) is 0.240. The zero-order chi connectivity index (χ0) is 25.6. The number of amides is 1. The van der Waals surface area contributed by atoms with Gasteiger partial charge in [0.15, 0.2) is 0 Å². The van der Waals surface area contributed by atoms with Gasteiger partial charge in [-0.25, -0.2) is 4.98 Å². The van der Waals surface area contributed by atoms with E-state index in [2.05, 4.69) is 20.2 Å². The Labute approximate surface area is 205 Å². The van der Waals surface area contributed by atoms with Crippen LogP contribution < -0.4 is 15.1 Å². The molecule has 3 aromatic rings. The Balaban J connectivity index is 1.49. The number of alkyl halides is 3. The molecular formula is C25H22F3N7O. The predicted octanol–water partition coefficient (Wildman–Crippen LogP) is 4.29. The van der Waals surface area contributed by atoms with E-state index in [0.29, 0.717) is 24.7 Å². The molecule has 36 heavy (non-hydrogen) atoms. The first-order valence-electron chi connectivity index (χ1n) is 11.2. The summed E-state index contributed by atoms with van der Waals surface area (Å²) in [6.45, 7) is 3.24. The molecule has 0 fully saturated rings. The monoisotopic (exact) mass is 493 g/mol. The van der Waals surface area contributed by atoms with Crippen molar-refractivity contribution in [3.8, 4) is 0 Å². The highest BCUT2D eigenvalue weighted by atomic mass is 19.4. The second kappa shape index (κ2) is 8.74. The number of anilines is 3. The number of benzene rings is 1. The number of carbonyl (C=O) groups excluding carboxylic acids is 1. The number of halogens is 3. The van der Waals surface area contributed by atoms with E-state index in [1.165, 1.54) is 0 Å². The lowest BCUT2D eigenvalue weighted by atomic mass is 9.94. The SMILES string of the molecule is Cc1ccc(NC(=O)c2cc(C(F)(F)F)ccn2)cc1C1=Cc2cnc(N(C)C)nc2N2CCN=C12. The van der Waals surface area contributed by atoms with Crippen LogP contribution in [0.25, 0.3) is 11.6 Å². The summed E-state index contributed by atoms with van der Waals surface area (Å²) in [6, 6.07) is 6.88. The highest BCUT2D eigenvalue weighted by molar-refractivity contribution is 6.36. The summed E-state index contributed by atoms with van der Waals surface area (Å²) in [5, 5.41) is 2.66. The van der Waals surface area contributed by atoms with E-state index >= 15 is 0 Å². The summed E-state index contributed by atoms with van der Waals surface area (Å²) < 4.78 is 39.1. The molecule has 5 rings (SSSR count). The van der Waals surface area contributed by atoms with Crippen LogP contribution in [0.1, 0.15) is 32.7 Å². The van der Waals surface area contributed by atoms with Gasteiger partial charge in [0.05, 0.1) is 12.1 Å². The molecule has 0 radical (unpaired) electrons. The van der Waals surface area contributed by atoms with Gasteiger partial charge in [-0.05, 0) is 48.4 Å². The minimum Gasteiger partial charge on any atom is -0.347 e. The number of pyridine rings is 1. The van der Waals surface area contributed by atoms with Crippen LogP contribution in [0, 0.1) is 6.92 Å². The molecule has 0 saturated heterocycles. The average Bonchev–Trinajstić information content (AvgIpc) is 3.34. The molecule has 11 heteroatoms. The number of aryl methyl sites for hydroxylation is 1. The van der Waals surface area contributed by atoms with Gasteiger partial charge >= 0.3 is 6.18 Å². The maximum absolute atomic E-state index is 13.0. The van der Waals surface area contributed by atoms with Crippen molar-refractivity contribution in [3.63, 3.8) is 0 Å². The molecule has 2 aliphatic rings. The molecule has 1 aromatic carbocycles. The molecular weight excluding hydrogens is 471 g/mol. The number of rotatable bonds is 4. The molecule has 0 spiro atoms. The highest BCUT2D eigenvalue weighted by Crippen LogP contribution is 2.37. The van der Waals surface area contributed by atoms with Crippen molar-refractivity contribution < 1.29 is 18.0 Å². The molecule has 0 unspecified atom stereocenters. The average molecular weight is 493 g/mol. The fourth-order valence-corrected chi connectivity index (χ4v) is 4.12. The quantitative estimate of drug-likeness (QED) is 0.584. The molecule has 1 N–H and O–H groups in total. The van der Waals surface area contributed by atoms with Gasteiger partial charge < -0.3 is 15.1 Å². The first kappa shape index (κ1) is 23.5. The Morgan fingerprint density at radius 2 is 1.94 bits per heavy atom. The van der Waals surface area contributed by atoms with Crippen LogP contribution in [0.2, 0.25) is 0 Å². The molecule has 0 atom stereocenters. The van der Waals surface area contributed by atoms with Crippen LogP contribution >= 0.6 is 0 Å². The molecule has 2 aromatic heterocycles. The summed E-state index contributed by atoms with van der Waals surface area (Å²) in [7, 11) is 3.76. The maximum atomic E-state index is 13.0. The van der Waals surface area contributed by atoms with E-state index in [1.54, 1.807) is 18.3 Å². The highest BCUT2D eigenvalue weighted by Gasteiger charge is 2.32. The predicted molar refractivity (Wildman–Crippen MR) is 132 cm³/mol. The van der Waals surface area contributed by atoms with Gasteiger partial charge in [0.1, 0.15) is 17.3 Å². The van der Waals surface area contributed by atoms with Crippen LogP contribution in [-0.4, -0.2) is 53.9 Å². The van der Waals surface area contributed by atoms with Crippen molar-refractivity contribution in [3.05, 3.63) is 70.7 Å². The largest absolute Gasteiger partial charge is 0.416 e. The fourth-order valence-electron chi connectivity index (χ4n) is 4.12. The van der Waals surface area contributed by atoms with Crippen LogP contribution in [0.3, 0.4) is 0 Å². The Morgan fingerprint density at radius 1 is 1.14 bits per heavy atom. The van der Waals surface area contributed by atoms with E-state index in [-0.39, 0.29) is 5.69 Å². The van der Waals surface area contributed by atoms with Crippen LogP contribution in [-0.2, 0) is 6.18 Å². The zero-order valence-corrected chi connectivity index (χ0v) is 19.8. The van der Waals surface area contributed by atoms with Crippen molar-refractivity contribution in [1.82, 2.24) is 15.0 Å². The number of hydrogen-bond donors (Lipinski definition) is 1. The van der Waals surface area contributed by atoms with Crippen LogP contribution in [0.5, 0.6) is 0 Å². The van der Waals surface area contributed by atoms with Gasteiger partial charge in [-0.1, -0.05) is 6.07 Å². The Hall–Kier alpha value is -4.28. The van der Waals surface area contributed by atoms with Gasteiger partial charge in [-0.3, -0.25) is 14.8 Å². The topological polar surface area (TPSA) is 86.6 Å². The first-order valence-corrected chi connectivity index (χ1v) is 11.2. The van der Waals surface area contributed by atoms with Crippen molar-refractivity contribution >= 4 is 40.8 Å². The number of hydrogen-bond acceptors (Lipinski definition) is 7. The summed E-state index contributed by atoms with van der Waals surface area (Å²) in [4.78, 5) is 34.2. The van der Waals surface area contributed by atoms with Crippen LogP contribution in [0.4, 0.5) is 30.6 Å². The molecule has 184 valence electrons. The number of nitrogens with zero attached hydrogens (tertiary/aromatic N) is 6. The molecule has 4 heterocycles. The van der Waals surface area contributed by atoms with Gasteiger partial charge in [0.25, 0.3) is 5.91 Å². The normalized spacial score (nSPS) is 14.6. The summed E-state index contributed by atoms with van der Waals surface area (Å²) >= 11 is 0. The van der Waals surface area contributed by atoms with Crippen molar-refractivity contribution in [2.45, 2.75) is 13.1 Å². The lowest BCUT2D eigenvalue weighted by molar-refractivity contribution is -0.137. The summed E-state index contributed by atoms with van der Waals surface area (Å²) in [6.07, 6.45) is 0.146. The molecule has 2 aliphatic heterocycles. The molecule has 0 aliphatic carbocycles. The van der Waals surface area contributed by atoms with E-state index in [1.807, 2.05) is 38.1 Å². The lowest BCUT2D eigenvalue weighted by Gasteiger charge is -2.28. The van der Waals surface area contributed by atoms with Crippen molar-refractivity contribution in [2.24, 2.45) is 4.99 Å². The third-order valence-corrected chi connectivity index (χ3v) is 5.93. The number of carbonyl (C=O) groups is 1. The van der Waals surface area contributed by atoms with Gasteiger partial charge in [0, 0.05) is 49.9 Å². The molecule has 1 amide bonds. The Bertz CT molecular complexity index is 1430. The number of nitrogens with one attached hydrogen (secondary N) is 1. The molecule has 0 bridgehead atoms. The molecule has 8 nitrogen and oxygen atoms in total. The van der Waals surface area contributed by atoms with E-state index in [4.69, 9.17) is 9.98 Å². The van der Waals surface area contributed by atoms with Gasteiger partial charge in [0.2, 0.25) is 5.95 Å². The molecule has 0 saturated carbocycles.